The first kappa shape index (κ1) is 15.7. The van der Waals surface area contributed by atoms with Gasteiger partial charge in [-0.25, -0.2) is 13.4 Å². The number of hydrogen-bond donors (Lipinski definition) is 1. The molecule has 3 rings (SSSR count). The predicted octanol–water partition coefficient (Wildman–Crippen LogP) is 3.85. The lowest BCUT2D eigenvalue weighted by Gasteiger charge is -2.10. The number of thiophene rings is 1. The van der Waals surface area contributed by atoms with Gasteiger partial charge in [0, 0.05) is 10.9 Å². The van der Waals surface area contributed by atoms with Gasteiger partial charge in [-0.1, -0.05) is 18.2 Å². The quantitative estimate of drug-likeness (QED) is 0.765. The van der Waals surface area contributed by atoms with E-state index in [0.29, 0.717) is 10.6 Å². The number of benzene rings is 1. The largest absolute Gasteiger partial charge is 0.278 e. The first-order valence-electron chi connectivity index (χ1n) is 6.54. The van der Waals surface area contributed by atoms with Crippen molar-refractivity contribution >= 4 is 38.4 Å². The minimum Gasteiger partial charge on any atom is -0.278 e. The Bertz CT molecular complexity index is 997. The third-order valence-electron chi connectivity index (χ3n) is 3.02. The molecular formula is C15H11N3O2S3. The van der Waals surface area contributed by atoms with Crippen molar-refractivity contribution in [1.82, 2.24) is 4.98 Å². The van der Waals surface area contributed by atoms with Crippen LogP contribution in [0.3, 0.4) is 0 Å². The first-order chi connectivity index (χ1) is 11.0. The van der Waals surface area contributed by atoms with E-state index >= 15 is 0 Å². The number of sulfonamides is 1. The van der Waals surface area contributed by atoms with Gasteiger partial charge in [0.25, 0.3) is 10.0 Å². The van der Waals surface area contributed by atoms with Crippen molar-refractivity contribution in [2.45, 2.75) is 11.1 Å². The second kappa shape index (κ2) is 6.12. The molecule has 3 aromatic rings. The lowest BCUT2D eigenvalue weighted by Crippen LogP contribution is -2.12. The molecule has 0 aliphatic rings. The van der Waals surface area contributed by atoms with E-state index in [1.54, 1.807) is 12.1 Å². The molecule has 23 heavy (non-hydrogen) atoms. The molecule has 8 heteroatoms. The Kier molecular flexibility index (Phi) is 4.17. The average Bonchev–Trinajstić information content (AvgIpc) is 3.16. The Morgan fingerprint density at radius 2 is 2.00 bits per heavy atom. The highest BCUT2D eigenvalue weighted by molar-refractivity contribution is 7.94. The summed E-state index contributed by atoms with van der Waals surface area (Å²) in [6.45, 7) is 1.90. The summed E-state index contributed by atoms with van der Waals surface area (Å²) < 4.78 is 27.7. The molecule has 1 aromatic carbocycles. The number of hydrogen-bond acceptors (Lipinski definition) is 6. The van der Waals surface area contributed by atoms with Crippen molar-refractivity contribution in [2.24, 2.45) is 0 Å². The number of nitriles is 1. The molecule has 116 valence electrons. The van der Waals surface area contributed by atoms with Gasteiger partial charge in [-0.3, -0.25) is 4.72 Å². The summed E-state index contributed by atoms with van der Waals surface area (Å²) in [5, 5.41) is 11.6. The minimum absolute atomic E-state index is 0.110. The van der Waals surface area contributed by atoms with Gasteiger partial charge in [-0.15, -0.1) is 22.7 Å². The molecule has 2 heterocycles. The summed E-state index contributed by atoms with van der Waals surface area (Å²) in [4.78, 5) is 4.76. The number of para-hydroxylation sites is 1. The molecule has 5 nitrogen and oxygen atoms in total. The summed E-state index contributed by atoms with van der Waals surface area (Å²) in [5.74, 6) is 0. The third kappa shape index (κ3) is 3.27. The highest BCUT2D eigenvalue weighted by atomic mass is 32.2. The second-order valence-corrected chi connectivity index (χ2v) is 8.69. The van der Waals surface area contributed by atoms with E-state index in [4.69, 9.17) is 5.26 Å². The second-order valence-electron chi connectivity index (χ2n) is 4.63. The van der Waals surface area contributed by atoms with E-state index in [1.807, 2.05) is 30.5 Å². The number of nitrogens with one attached hydrogen (secondary N) is 1. The molecule has 0 spiro atoms. The number of nitrogens with zero attached hydrogens (tertiary/aromatic N) is 2. The number of aromatic nitrogens is 1. The minimum atomic E-state index is -3.73. The highest BCUT2D eigenvalue weighted by Crippen LogP contribution is 2.31. The van der Waals surface area contributed by atoms with Gasteiger partial charge in [0.15, 0.2) is 0 Å². The maximum atomic E-state index is 12.5. The number of anilines is 1. The van der Waals surface area contributed by atoms with Crippen LogP contribution in [0.1, 0.15) is 9.88 Å². The number of thiazole rings is 1. The summed E-state index contributed by atoms with van der Waals surface area (Å²) in [6, 6.07) is 12.0. The smallest absolute Gasteiger partial charge is 0.271 e. The van der Waals surface area contributed by atoms with Crippen molar-refractivity contribution in [3.05, 3.63) is 51.7 Å². The van der Waals surface area contributed by atoms with E-state index in [0.717, 1.165) is 27.6 Å². The fourth-order valence-corrected chi connectivity index (χ4v) is 4.80. The predicted molar refractivity (Wildman–Crippen MR) is 92.1 cm³/mol. The summed E-state index contributed by atoms with van der Waals surface area (Å²) in [6.07, 6.45) is 0. The molecule has 0 radical (unpaired) electrons. The number of rotatable bonds is 4. The van der Waals surface area contributed by atoms with Crippen molar-refractivity contribution < 1.29 is 8.42 Å². The first-order valence-corrected chi connectivity index (χ1v) is 9.72. The van der Waals surface area contributed by atoms with Crippen molar-refractivity contribution in [2.75, 3.05) is 4.72 Å². The van der Waals surface area contributed by atoms with Gasteiger partial charge in [-0.05, 0) is 25.1 Å². The lowest BCUT2D eigenvalue weighted by molar-refractivity contribution is 0.603. The van der Waals surface area contributed by atoms with Crippen LogP contribution in [0, 0.1) is 18.3 Å². The van der Waals surface area contributed by atoms with Gasteiger partial charge < -0.3 is 0 Å². The Balaban J connectivity index is 1.99. The Hall–Kier alpha value is -2.21. The molecule has 0 unspecified atom stereocenters. The Morgan fingerprint density at radius 1 is 1.22 bits per heavy atom. The SMILES string of the molecule is Cc1nc(-c2ccccc2NS(=O)(=O)c2ccc(C#N)s2)cs1. The highest BCUT2D eigenvalue weighted by Gasteiger charge is 2.19. The van der Waals surface area contributed by atoms with Crippen LogP contribution in [0.4, 0.5) is 5.69 Å². The average molecular weight is 361 g/mol. The van der Waals surface area contributed by atoms with Gasteiger partial charge in [0.05, 0.1) is 16.4 Å². The third-order valence-corrected chi connectivity index (χ3v) is 6.64. The molecule has 0 aliphatic carbocycles. The van der Waals surface area contributed by atoms with Crippen molar-refractivity contribution in [3.63, 3.8) is 0 Å². The lowest BCUT2D eigenvalue weighted by atomic mass is 10.1. The summed E-state index contributed by atoms with van der Waals surface area (Å²) in [5.41, 5.74) is 1.91. The van der Waals surface area contributed by atoms with E-state index in [2.05, 4.69) is 9.71 Å². The van der Waals surface area contributed by atoms with Crippen LogP contribution in [0.2, 0.25) is 0 Å². The van der Waals surface area contributed by atoms with Crippen LogP contribution in [-0.4, -0.2) is 13.4 Å². The molecule has 0 saturated heterocycles. The molecule has 2 aromatic heterocycles. The fourth-order valence-electron chi connectivity index (χ4n) is 2.00. The normalized spacial score (nSPS) is 11.1. The molecule has 1 N–H and O–H groups in total. The van der Waals surface area contributed by atoms with E-state index < -0.39 is 10.0 Å². The van der Waals surface area contributed by atoms with Gasteiger partial charge in [-0.2, -0.15) is 5.26 Å². The standard InChI is InChI=1S/C15H11N3O2S3/c1-10-17-14(9-21-10)12-4-2-3-5-13(12)18-23(19,20)15-7-6-11(8-16)22-15/h2-7,9,18H,1H3. The zero-order valence-electron chi connectivity index (χ0n) is 12.0. The Labute approximate surface area is 141 Å². The van der Waals surface area contributed by atoms with E-state index in [1.165, 1.54) is 23.5 Å². The van der Waals surface area contributed by atoms with Crippen LogP contribution >= 0.6 is 22.7 Å². The van der Waals surface area contributed by atoms with Crippen molar-refractivity contribution in [3.8, 4) is 17.3 Å². The van der Waals surface area contributed by atoms with Gasteiger partial charge in [0.2, 0.25) is 0 Å². The van der Waals surface area contributed by atoms with Gasteiger partial charge >= 0.3 is 0 Å². The zero-order chi connectivity index (χ0) is 16.4. The van der Waals surface area contributed by atoms with Crippen molar-refractivity contribution in [1.29, 1.82) is 5.26 Å². The van der Waals surface area contributed by atoms with E-state index in [-0.39, 0.29) is 4.21 Å². The van der Waals surface area contributed by atoms with Crippen LogP contribution in [0.25, 0.3) is 11.3 Å². The summed E-state index contributed by atoms with van der Waals surface area (Å²) >= 11 is 2.45. The topological polar surface area (TPSA) is 82.8 Å². The fraction of sp³-hybridized carbons (Fsp3) is 0.0667. The molecule has 0 bridgehead atoms. The van der Waals surface area contributed by atoms with Crippen LogP contribution in [0.5, 0.6) is 0 Å². The Morgan fingerprint density at radius 3 is 2.65 bits per heavy atom. The zero-order valence-corrected chi connectivity index (χ0v) is 14.4. The monoisotopic (exact) mass is 361 g/mol. The van der Waals surface area contributed by atoms with E-state index in [9.17, 15) is 8.42 Å². The van der Waals surface area contributed by atoms with Gasteiger partial charge in [0.1, 0.15) is 15.2 Å². The van der Waals surface area contributed by atoms with Crippen LogP contribution < -0.4 is 4.72 Å². The maximum absolute atomic E-state index is 12.5. The van der Waals surface area contributed by atoms with Crippen LogP contribution in [0.15, 0.2) is 46.0 Å². The molecular weight excluding hydrogens is 350 g/mol. The maximum Gasteiger partial charge on any atom is 0.271 e. The molecule has 0 fully saturated rings. The molecule has 0 saturated carbocycles. The molecule has 0 aliphatic heterocycles. The number of aryl methyl sites for hydroxylation is 1. The molecule has 0 amide bonds. The van der Waals surface area contributed by atoms with Crippen LogP contribution in [-0.2, 0) is 10.0 Å². The molecule has 0 atom stereocenters. The summed E-state index contributed by atoms with van der Waals surface area (Å²) in [7, 11) is -3.73.